The Bertz CT molecular complexity index is 1170. The number of aliphatic hydroxyl groups is 1. The van der Waals surface area contributed by atoms with Crippen molar-refractivity contribution in [3.63, 3.8) is 0 Å². The van der Waals surface area contributed by atoms with Crippen molar-refractivity contribution < 1.29 is 29.0 Å². The third-order valence-electron chi connectivity index (χ3n) is 12.7. The third-order valence-corrected chi connectivity index (χ3v) is 12.7. The highest BCUT2D eigenvalue weighted by Gasteiger charge is 2.16. The first-order valence-corrected chi connectivity index (χ1v) is 27.0. The Hall–Kier alpha value is -2.39. The molecule has 9 nitrogen and oxygen atoms in total. The fourth-order valence-electron chi connectivity index (χ4n) is 8.58. The highest BCUT2D eigenvalue weighted by molar-refractivity contribution is 5.92. The lowest BCUT2D eigenvalue weighted by Gasteiger charge is -2.25. The molecule has 0 aliphatic heterocycles. The van der Waals surface area contributed by atoms with Crippen LogP contribution in [0.3, 0.4) is 0 Å². The largest absolute Gasteiger partial charge is 0.466 e. The van der Waals surface area contributed by atoms with Gasteiger partial charge in [0.05, 0.1) is 12.7 Å². The molecule has 368 valence electrons. The minimum Gasteiger partial charge on any atom is -0.466 e. The van der Waals surface area contributed by atoms with Gasteiger partial charge in [0.15, 0.2) is 0 Å². The molecule has 63 heavy (non-hydrogen) atoms. The predicted octanol–water partition coefficient (Wildman–Crippen LogP) is 14.0. The van der Waals surface area contributed by atoms with E-state index < -0.39 is 6.10 Å². The molecular formula is C54H101N3O6. The molecule has 1 atom stereocenters. The molecule has 0 aliphatic carbocycles. The van der Waals surface area contributed by atoms with E-state index in [-0.39, 0.29) is 23.9 Å². The van der Waals surface area contributed by atoms with Crippen molar-refractivity contribution >= 4 is 17.8 Å². The summed E-state index contributed by atoms with van der Waals surface area (Å²) >= 11 is 0. The van der Waals surface area contributed by atoms with E-state index in [1.54, 1.807) is 0 Å². The van der Waals surface area contributed by atoms with E-state index in [0.29, 0.717) is 44.7 Å². The van der Waals surface area contributed by atoms with Gasteiger partial charge in [0.2, 0.25) is 0 Å². The van der Waals surface area contributed by atoms with E-state index in [4.69, 9.17) is 9.47 Å². The number of nitrogens with zero attached hydrogens (tertiary/aromatic N) is 2. The topological polar surface area (TPSA) is 110 Å². The SMILES string of the molecule is CCCCCCCCCCCOC(=O)CCCCCN(CCCCCCCC(=O)OC(CCCCCCCC)CCCCCCCC)CC(O)CCCCNC(=O)c1cccn1C. The lowest BCUT2D eigenvalue weighted by molar-refractivity contribution is -0.150. The van der Waals surface area contributed by atoms with Crippen LogP contribution in [0.4, 0.5) is 0 Å². The van der Waals surface area contributed by atoms with Crippen molar-refractivity contribution in [2.24, 2.45) is 7.05 Å². The average Bonchev–Trinajstić information content (AvgIpc) is 3.71. The summed E-state index contributed by atoms with van der Waals surface area (Å²) in [6, 6.07) is 3.69. The molecule has 1 rings (SSSR count). The molecule has 1 heterocycles. The van der Waals surface area contributed by atoms with Crippen LogP contribution in [-0.4, -0.2) is 77.4 Å². The van der Waals surface area contributed by atoms with Gasteiger partial charge in [-0.3, -0.25) is 14.4 Å². The summed E-state index contributed by atoms with van der Waals surface area (Å²) in [5.74, 6) is -0.147. The third kappa shape index (κ3) is 36.5. The van der Waals surface area contributed by atoms with Gasteiger partial charge in [-0.1, -0.05) is 162 Å². The molecule has 1 aromatic heterocycles. The van der Waals surface area contributed by atoms with Crippen LogP contribution in [0.1, 0.15) is 262 Å². The van der Waals surface area contributed by atoms with Crippen LogP contribution in [-0.2, 0) is 26.1 Å². The summed E-state index contributed by atoms with van der Waals surface area (Å²) in [5.41, 5.74) is 0.653. The van der Waals surface area contributed by atoms with Crippen molar-refractivity contribution in [2.75, 3.05) is 32.8 Å². The molecule has 0 aliphatic rings. The summed E-state index contributed by atoms with van der Waals surface area (Å²) in [7, 11) is 1.87. The average molecular weight is 888 g/mol. The number of nitrogens with one attached hydrogen (secondary N) is 1. The monoisotopic (exact) mass is 888 g/mol. The number of aromatic nitrogens is 1. The first-order chi connectivity index (χ1) is 30.8. The van der Waals surface area contributed by atoms with Crippen LogP contribution in [0.25, 0.3) is 0 Å². The minimum absolute atomic E-state index is 0.0114. The van der Waals surface area contributed by atoms with Crippen molar-refractivity contribution in [2.45, 2.75) is 264 Å². The normalized spacial score (nSPS) is 12.0. The van der Waals surface area contributed by atoms with Gasteiger partial charge in [0.25, 0.3) is 5.91 Å². The molecule has 9 heteroatoms. The number of esters is 2. The maximum absolute atomic E-state index is 12.9. The van der Waals surface area contributed by atoms with Crippen LogP contribution in [0.2, 0.25) is 0 Å². The second-order valence-electron chi connectivity index (χ2n) is 18.8. The Morgan fingerprint density at radius 3 is 1.59 bits per heavy atom. The van der Waals surface area contributed by atoms with Crippen molar-refractivity contribution in [1.29, 1.82) is 0 Å². The predicted molar refractivity (Wildman–Crippen MR) is 264 cm³/mol. The van der Waals surface area contributed by atoms with E-state index in [0.717, 1.165) is 116 Å². The van der Waals surface area contributed by atoms with Gasteiger partial charge in [-0.2, -0.15) is 0 Å². The smallest absolute Gasteiger partial charge is 0.306 e. The number of amides is 1. The first-order valence-electron chi connectivity index (χ1n) is 27.0. The molecule has 1 amide bonds. The lowest BCUT2D eigenvalue weighted by Crippen LogP contribution is -2.34. The van der Waals surface area contributed by atoms with Gasteiger partial charge < -0.3 is 29.4 Å². The Morgan fingerprint density at radius 1 is 0.587 bits per heavy atom. The van der Waals surface area contributed by atoms with Gasteiger partial charge in [0.1, 0.15) is 11.8 Å². The number of aryl methyl sites for hydroxylation is 1. The number of ether oxygens (including phenoxy) is 2. The Morgan fingerprint density at radius 2 is 1.05 bits per heavy atom. The number of hydrogen-bond donors (Lipinski definition) is 2. The summed E-state index contributed by atoms with van der Waals surface area (Å²) in [6.45, 7) is 10.4. The van der Waals surface area contributed by atoms with E-state index in [9.17, 15) is 19.5 Å². The maximum atomic E-state index is 12.9. The van der Waals surface area contributed by atoms with Crippen molar-refractivity contribution in [3.05, 3.63) is 24.0 Å². The fraction of sp³-hybridized carbons (Fsp3) is 0.870. The van der Waals surface area contributed by atoms with Crippen molar-refractivity contribution in [1.82, 2.24) is 14.8 Å². The molecule has 1 unspecified atom stereocenters. The number of unbranched alkanes of at least 4 members (excludes halogenated alkanes) is 25. The molecule has 2 N–H and O–H groups in total. The number of hydrogen-bond acceptors (Lipinski definition) is 7. The highest BCUT2D eigenvalue weighted by Crippen LogP contribution is 2.19. The molecule has 0 saturated carbocycles. The fourth-order valence-corrected chi connectivity index (χ4v) is 8.58. The molecular weight excluding hydrogens is 787 g/mol. The van der Waals surface area contributed by atoms with Gasteiger partial charge in [-0.05, 0) is 102 Å². The molecule has 0 bridgehead atoms. The molecule has 0 spiro atoms. The number of aliphatic hydroxyl groups excluding tert-OH is 1. The summed E-state index contributed by atoms with van der Waals surface area (Å²) in [5, 5.41) is 14.0. The van der Waals surface area contributed by atoms with Crippen LogP contribution in [0.5, 0.6) is 0 Å². The summed E-state index contributed by atoms with van der Waals surface area (Å²) in [6.07, 6.45) is 41.4. The van der Waals surface area contributed by atoms with E-state index in [1.165, 1.54) is 109 Å². The molecule has 0 aromatic carbocycles. The number of carbonyl (C=O) groups is 3. The molecule has 0 fully saturated rings. The summed E-state index contributed by atoms with van der Waals surface area (Å²) < 4.78 is 13.4. The molecule has 1 aromatic rings. The van der Waals surface area contributed by atoms with Gasteiger partial charge in [0, 0.05) is 39.2 Å². The van der Waals surface area contributed by atoms with Gasteiger partial charge in [-0.15, -0.1) is 0 Å². The molecule has 0 saturated heterocycles. The minimum atomic E-state index is -0.415. The summed E-state index contributed by atoms with van der Waals surface area (Å²) in [4.78, 5) is 40.1. The van der Waals surface area contributed by atoms with Crippen molar-refractivity contribution in [3.8, 4) is 0 Å². The Kier molecular flexibility index (Phi) is 40.5. The van der Waals surface area contributed by atoms with Crippen LogP contribution in [0, 0.1) is 0 Å². The van der Waals surface area contributed by atoms with Crippen LogP contribution >= 0.6 is 0 Å². The molecule has 0 radical (unpaired) electrons. The van der Waals surface area contributed by atoms with Gasteiger partial charge in [-0.25, -0.2) is 0 Å². The Labute approximate surface area is 388 Å². The van der Waals surface area contributed by atoms with E-state index in [2.05, 4.69) is 31.0 Å². The lowest BCUT2D eigenvalue weighted by atomic mass is 10.0. The van der Waals surface area contributed by atoms with E-state index in [1.807, 2.05) is 29.9 Å². The second-order valence-corrected chi connectivity index (χ2v) is 18.8. The number of rotatable bonds is 47. The Balaban J connectivity index is 2.42. The van der Waals surface area contributed by atoms with Crippen LogP contribution < -0.4 is 5.32 Å². The number of carbonyl (C=O) groups excluding carboxylic acids is 3. The van der Waals surface area contributed by atoms with Crippen LogP contribution in [0.15, 0.2) is 18.3 Å². The highest BCUT2D eigenvalue weighted by atomic mass is 16.5. The maximum Gasteiger partial charge on any atom is 0.306 e. The first kappa shape index (κ1) is 58.6. The van der Waals surface area contributed by atoms with Gasteiger partial charge >= 0.3 is 11.9 Å². The zero-order valence-corrected chi connectivity index (χ0v) is 41.8. The standard InChI is InChI=1S/C54H101N3O6/c1-5-8-11-14-17-18-19-25-35-47-62-52(59)41-30-26-34-46-57(48-49(58)37-31-32-43-55-54(61)51-40-36-44-56(51)4)45-33-24-20-23-29-42-53(60)63-50(38-27-21-15-12-9-6-2)39-28-22-16-13-10-7-3/h36,40,44,49-50,58H,5-35,37-39,41-43,45-48H2,1-4H3,(H,55,61). The second kappa shape index (κ2) is 43.5. The van der Waals surface area contributed by atoms with E-state index >= 15 is 0 Å². The quantitative estimate of drug-likeness (QED) is 0.0495. The zero-order valence-electron chi connectivity index (χ0n) is 41.8. The zero-order chi connectivity index (χ0) is 45.9.